The number of nitrogens with zero attached hydrogens (tertiary/aromatic N) is 2. The Morgan fingerprint density at radius 2 is 2.03 bits per heavy atom. The smallest absolute Gasteiger partial charge is 0.303 e. The van der Waals surface area contributed by atoms with Crippen molar-refractivity contribution in [1.82, 2.24) is 20.3 Å². The van der Waals surface area contributed by atoms with E-state index >= 15 is 0 Å². The minimum absolute atomic E-state index is 0.000311. The van der Waals surface area contributed by atoms with E-state index < -0.39 is 17.8 Å². The Labute approximate surface area is 181 Å². The summed E-state index contributed by atoms with van der Waals surface area (Å²) in [5, 5.41) is 14.1. The molecule has 4 N–H and O–H groups in total. The number of benzene rings is 1. The van der Waals surface area contributed by atoms with Crippen LogP contribution in [0, 0.1) is 0 Å². The van der Waals surface area contributed by atoms with Gasteiger partial charge in [-0.05, 0) is 17.7 Å². The number of nitrogens with one attached hydrogen (secondary N) is 3. The lowest BCUT2D eigenvalue weighted by atomic mass is 10.0. The van der Waals surface area contributed by atoms with Crippen LogP contribution < -0.4 is 15.4 Å². The summed E-state index contributed by atoms with van der Waals surface area (Å²) in [6.45, 7) is 0.288. The highest BCUT2D eigenvalue weighted by atomic mass is 16.5. The highest BCUT2D eigenvalue weighted by Crippen LogP contribution is 2.25. The molecule has 0 radical (unpaired) electrons. The zero-order chi connectivity index (χ0) is 22.7. The van der Waals surface area contributed by atoms with E-state index in [0.717, 1.165) is 11.1 Å². The van der Waals surface area contributed by atoms with Crippen molar-refractivity contribution in [3.8, 4) is 5.75 Å². The monoisotopic (exact) mass is 437 g/mol. The number of amides is 2. The molecule has 0 bridgehead atoms. The number of aliphatic carboxylic acids is 1. The number of aromatic nitrogens is 3. The minimum atomic E-state index is -1.07. The van der Waals surface area contributed by atoms with Crippen molar-refractivity contribution in [2.75, 3.05) is 11.9 Å². The van der Waals surface area contributed by atoms with E-state index in [2.05, 4.69) is 25.6 Å². The van der Waals surface area contributed by atoms with Gasteiger partial charge in [-0.1, -0.05) is 6.07 Å². The highest BCUT2D eigenvalue weighted by Gasteiger charge is 2.19. The van der Waals surface area contributed by atoms with Crippen LogP contribution in [0.5, 0.6) is 5.75 Å². The SMILES string of the molecule is O=C(O)CCC(=O)Nc1c[nH]c2c(C(=O)NCc3ccc4c(c3)CC(=O)CO4)ncnc12. The molecule has 0 spiro atoms. The van der Waals surface area contributed by atoms with Gasteiger partial charge in [0, 0.05) is 31.1 Å². The van der Waals surface area contributed by atoms with Gasteiger partial charge in [0.25, 0.3) is 5.91 Å². The largest absolute Gasteiger partial charge is 0.486 e. The van der Waals surface area contributed by atoms with E-state index in [0.29, 0.717) is 28.9 Å². The lowest BCUT2D eigenvalue weighted by Crippen LogP contribution is -2.25. The topological polar surface area (TPSA) is 163 Å². The molecule has 11 heteroatoms. The van der Waals surface area contributed by atoms with Gasteiger partial charge in [-0.25, -0.2) is 9.97 Å². The molecule has 1 aliphatic heterocycles. The van der Waals surface area contributed by atoms with Crippen LogP contribution in [0.1, 0.15) is 34.5 Å². The van der Waals surface area contributed by atoms with Gasteiger partial charge in [-0.3, -0.25) is 19.2 Å². The molecule has 164 valence electrons. The van der Waals surface area contributed by atoms with Crippen molar-refractivity contribution in [3.63, 3.8) is 0 Å². The summed E-state index contributed by atoms with van der Waals surface area (Å²) in [5.41, 5.74) is 2.67. The molecular formula is C21H19N5O6. The summed E-state index contributed by atoms with van der Waals surface area (Å²) in [4.78, 5) is 57.9. The van der Waals surface area contributed by atoms with Crippen molar-refractivity contribution in [3.05, 3.63) is 47.5 Å². The Hall–Kier alpha value is -4.28. The molecule has 1 aliphatic rings. The molecule has 11 nitrogen and oxygen atoms in total. The predicted molar refractivity (Wildman–Crippen MR) is 111 cm³/mol. The number of anilines is 1. The van der Waals surface area contributed by atoms with Crippen LogP contribution in [0.25, 0.3) is 11.0 Å². The maximum atomic E-state index is 12.7. The van der Waals surface area contributed by atoms with E-state index in [9.17, 15) is 19.2 Å². The summed E-state index contributed by atoms with van der Waals surface area (Å²) < 4.78 is 5.37. The summed E-state index contributed by atoms with van der Waals surface area (Å²) in [5.74, 6) is -1.33. The molecule has 3 aromatic rings. The first-order chi connectivity index (χ1) is 15.4. The van der Waals surface area contributed by atoms with Crippen LogP contribution in [0.15, 0.2) is 30.7 Å². The normalized spacial score (nSPS) is 12.7. The fourth-order valence-electron chi connectivity index (χ4n) is 3.35. The average Bonchev–Trinajstić information content (AvgIpc) is 3.18. The van der Waals surface area contributed by atoms with Crippen LogP contribution in [-0.4, -0.2) is 50.2 Å². The number of hydrogen-bond acceptors (Lipinski definition) is 7. The fraction of sp³-hybridized carbons (Fsp3) is 0.238. The van der Waals surface area contributed by atoms with Gasteiger partial charge < -0.3 is 25.5 Å². The molecule has 0 fully saturated rings. The van der Waals surface area contributed by atoms with E-state index in [-0.39, 0.29) is 37.5 Å². The number of ketones is 1. The van der Waals surface area contributed by atoms with Crippen molar-refractivity contribution in [2.45, 2.75) is 25.8 Å². The van der Waals surface area contributed by atoms with E-state index in [1.807, 2.05) is 12.1 Å². The van der Waals surface area contributed by atoms with Crippen molar-refractivity contribution in [2.24, 2.45) is 0 Å². The molecule has 2 aromatic heterocycles. The molecule has 0 atom stereocenters. The first-order valence-electron chi connectivity index (χ1n) is 9.79. The number of aromatic amines is 1. The number of fused-ring (bicyclic) bond motifs is 2. The molecule has 1 aromatic carbocycles. The Balaban J connectivity index is 1.45. The van der Waals surface area contributed by atoms with Gasteiger partial charge in [0.1, 0.15) is 24.2 Å². The van der Waals surface area contributed by atoms with Crippen LogP contribution in [0.2, 0.25) is 0 Å². The molecule has 3 heterocycles. The van der Waals surface area contributed by atoms with Crippen LogP contribution in [-0.2, 0) is 27.3 Å². The number of hydrogen-bond donors (Lipinski definition) is 4. The molecule has 0 saturated heterocycles. The van der Waals surface area contributed by atoms with Gasteiger partial charge in [-0.15, -0.1) is 0 Å². The minimum Gasteiger partial charge on any atom is -0.486 e. The van der Waals surface area contributed by atoms with Gasteiger partial charge >= 0.3 is 5.97 Å². The quantitative estimate of drug-likeness (QED) is 0.428. The van der Waals surface area contributed by atoms with E-state index in [1.54, 1.807) is 6.07 Å². The Morgan fingerprint density at radius 3 is 2.84 bits per heavy atom. The van der Waals surface area contributed by atoms with Crippen molar-refractivity contribution >= 4 is 40.3 Å². The molecule has 32 heavy (non-hydrogen) atoms. The summed E-state index contributed by atoms with van der Waals surface area (Å²) in [6, 6.07) is 5.40. The second-order valence-corrected chi connectivity index (χ2v) is 7.22. The Morgan fingerprint density at radius 1 is 1.19 bits per heavy atom. The summed E-state index contributed by atoms with van der Waals surface area (Å²) in [7, 11) is 0. The van der Waals surface area contributed by atoms with Gasteiger partial charge in [-0.2, -0.15) is 0 Å². The average molecular weight is 437 g/mol. The molecule has 2 amide bonds. The first-order valence-corrected chi connectivity index (χ1v) is 9.79. The predicted octanol–water partition coefficient (Wildman–Crippen LogP) is 1.20. The maximum Gasteiger partial charge on any atom is 0.303 e. The van der Waals surface area contributed by atoms with E-state index in [1.165, 1.54) is 12.5 Å². The number of H-pyrrole nitrogens is 1. The number of rotatable bonds is 7. The van der Waals surface area contributed by atoms with Crippen LogP contribution in [0.4, 0.5) is 5.69 Å². The van der Waals surface area contributed by atoms with Crippen molar-refractivity contribution in [1.29, 1.82) is 0 Å². The Kier molecular flexibility index (Phi) is 5.79. The third-order valence-electron chi connectivity index (χ3n) is 4.87. The fourth-order valence-corrected chi connectivity index (χ4v) is 3.35. The van der Waals surface area contributed by atoms with Gasteiger partial charge in [0.05, 0.1) is 17.6 Å². The third kappa shape index (κ3) is 4.56. The van der Waals surface area contributed by atoms with Crippen LogP contribution >= 0.6 is 0 Å². The number of ether oxygens (including phenoxy) is 1. The maximum absolute atomic E-state index is 12.7. The molecular weight excluding hydrogens is 418 g/mol. The highest BCUT2D eigenvalue weighted by molar-refractivity contribution is 6.08. The molecule has 0 aliphatic carbocycles. The standard InChI is InChI=1S/C21H19N5O6/c27-13-6-12-5-11(1-2-15(12)32-9-13)7-23-21(31)20-19-18(24-10-25-20)14(8-22-19)26-16(28)3-4-17(29)30/h1-2,5,8,10,22H,3-4,6-7,9H2,(H,23,31)(H,26,28)(H,29,30). The third-order valence-corrected chi connectivity index (χ3v) is 4.87. The lowest BCUT2D eigenvalue weighted by Gasteiger charge is -2.17. The van der Waals surface area contributed by atoms with Crippen LogP contribution in [0.3, 0.4) is 0 Å². The molecule has 0 saturated carbocycles. The number of carbonyl (C=O) groups is 4. The van der Waals surface area contributed by atoms with Crippen molar-refractivity contribution < 1.29 is 29.0 Å². The zero-order valence-corrected chi connectivity index (χ0v) is 16.8. The number of carboxylic acid groups (broad SMARTS) is 1. The molecule has 0 unspecified atom stereocenters. The van der Waals surface area contributed by atoms with Gasteiger partial charge in [0.15, 0.2) is 11.5 Å². The zero-order valence-electron chi connectivity index (χ0n) is 16.8. The van der Waals surface area contributed by atoms with E-state index in [4.69, 9.17) is 9.84 Å². The second-order valence-electron chi connectivity index (χ2n) is 7.22. The summed E-state index contributed by atoms with van der Waals surface area (Å²) >= 11 is 0. The Bertz CT molecular complexity index is 1230. The second kappa shape index (κ2) is 8.84. The van der Waals surface area contributed by atoms with Gasteiger partial charge in [0.2, 0.25) is 5.91 Å². The number of Topliss-reactive ketones (excluding diaryl/α,β-unsaturated/α-hetero) is 1. The summed E-state index contributed by atoms with van der Waals surface area (Å²) in [6.07, 6.45) is 2.50. The lowest BCUT2D eigenvalue weighted by molar-refractivity contribution is -0.138. The molecule has 4 rings (SSSR count). The number of carbonyl (C=O) groups excluding carboxylic acids is 3. The first kappa shape index (κ1) is 21.0. The number of carboxylic acids is 1.